The largest absolute Gasteiger partial charge is 0.304 e. The maximum Gasteiger partial charge on any atom is 0.116 e. The molecular weight excluding hydrogens is 290 g/mol. The molecule has 3 nitrogen and oxygen atoms in total. The quantitative estimate of drug-likeness (QED) is 0.848. The maximum atomic E-state index is 4.63. The summed E-state index contributed by atoms with van der Waals surface area (Å²) in [5.74, 6) is 1.84. The van der Waals surface area contributed by atoms with Crippen LogP contribution in [0, 0.1) is 0 Å². The molecule has 1 aliphatic heterocycles. The van der Waals surface area contributed by atoms with Crippen molar-refractivity contribution in [1.82, 2.24) is 14.3 Å². The van der Waals surface area contributed by atoms with Gasteiger partial charge in [-0.2, -0.15) is 0 Å². The van der Waals surface area contributed by atoms with Gasteiger partial charge in [0, 0.05) is 16.6 Å². The molecule has 18 heavy (non-hydrogen) atoms. The van der Waals surface area contributed by atoms with Gasteiger partial charge in [0.2, 0.25) is 0 Å². The zero-order valence-electron chi connectivity index (χ0n) is 10.6. The lowest BCUT2D eigenvalue weighted by Crippen LogP contribution is -2.33. The van der Waals surface area contributed by atoms with Gasteiger partial charge in [-0.3, -0.25) is 0 Å². The Balaban J connectivity index is 1.87. The van der Waals surface area contributed by atoms with E-state index in [-0.39, 0.29) is 0 Å². The number of likely N-dealkylation sites (tertiary alicyclic amines) is 1. The summed E-state index contributed by atoms with van der Waals surface area (Å²) in [4.78, 5) is 7.15. The molecule has 0 bridgehead atoms. The van der Waals surface area contributed by atoms with Crippen LogP contribution in [0.3, 0.4) is 0 Å². The van der Waals surface area contributed by atoms with E-state index in [2.05, 4.69) is 55.5 Å². The van der Waals surface area contributed by atoms with Gasteiger partial charge in [0.1, 0.15) is 5.82 Å². The third-order valence-corrected chi connectivity index (χ3v) is 4.42. The van der Waals surface area contributed by atoms with Gasteiger partial charge in [0.15, 0.2) is 0 Å². The smallest absolute Gasteiger partial charge is 0.116 e. The molecule has 1 fully saturated rings. The summed E-state index contributed by atoms with van der Waals surface area (Å²) in [5, 5.41) is 0. The number of piperidine rings is 1. The van der Waals surface area contributed by atoms with Crippen LogP contribution in [0.25, 0.3) is 5.52 Å². The molecule has 2 aromatic rings. The van der Waals surface area contributed by atoms with E-state index >= 15 is 0 Å². The summed E-state index contributed by atoms with van der Waals surface area (Å²) in [5.41, 5.74) is 1.18. The van der Waals surface area contributed by atoms with Gasteiger partial charge >= 0.3 is 0 Å². The van der Waals surface area contributed by atoms with E-state index in [4.69, 9.17) is 0 Å². The maximum absolute atomic E-state index is 4.63. The number of fused-ring (bicyclic) bond motifs is 1. The fourth-order valence-electron chi connectivity index (χ4n) is 2.80. The standard InChI is InChI=1S/C14H18BrN3/c1-2-17-6-3-11(4-7-17)14-16-10-13-9-12(15)5-8-18(13)14/h5,8-11H,2-4,6-7H2,1H3. The fraction of sp³-hybridized carbons (Fsp3) is 0.500. The van der Waals surface area contributed by atoms with Crippen molar-refractivity contribution in [3.8, 4) is 0 Å². The number of halogens is 1. The van der Waals surface area contributed by atoms with Crippen LogP contribution in [0.5, 0.6) is 0 Å². The number of hydrogen-bond acceptors (Lipinski definition) is 2. The number of nitrogens with zero attached hydrogens (tertiary/aromatic N) is 3. The molecule has 0 aromatic carbocycles. The molecule has 0 N–H and O–H groups in total. The van der Waals surface area contributed by atoms with Crippen molar-refractivity contribution < 1.29 is 0 Å². The first-order valence-corrected chi connectivity index (χ1v) is 7.42. The van der Waals surface area contributed by atoms with E-state index in [0.29, 0.717) is 5.92 Å². The van der Waals surface area contributed by atoms with Crippen LogP contribution in [0.1, 0.15) is 31.5 Å². The topological polar surface area (TPSA) is 20.5 Å². The van der Waals surface area contributed by atoms with Gasteiger partial charge in [-0.05, 0) is 44.6 Å². The summed E-state index contributed by atoms with van der Waals surface area (Å²) >= 11 is 3.51. The Kier molecular flexibility index (Phi) is 3.39. The zero-order valence-corrected chi connectivity index (χ0v) is 12.2. The summed E-state index contributed by atoms with van der Waals surface area (Å²) in [6.07, 6.45) is 6.55. The van der Waals surface area contributed by atoms with Crippen molar-refractivity contribution in [2.24, 2.45) is 0 Å². The molecular formula is C14H18BrN3. The van der Waals surface area contributed by atoms with Crippen LogP contribution in [-0.2, 0) is 0 Å². The van der Waals surface area contributed by atoms with Gasteiger partial charge in [0.25, 0.3) is 0 Å². The van der Waals surface area contributed by atoms with Crippen LogP contribution in [0.15, 0.2) is 29.0 Å². The summed E-state index contributed by atoms with van der Waals surface area (Å²) in [6.45, 7) is 5.81. The molecule has 0 atom stereocenters. The predicted molar refractivity (Wildman–Crippen MR) is 77.0 cm³/mol. The molecule has 3 heterocycles. The summed E-state index contributed by atoms with van der Waals surface area (Å²) in [6, 6.07) is 4.21. The molecule has 0 radical (unpaired) electrons. The highest BCUT2D eigenvalue weighted by Gasteiger charge is 2.22. The molecule has 1 saturated heterocycles. The monoisotopic (exact) mass is 307 g/mol. The minimum Gasteiger partial charge on any atom is -0.304 e. The molecule has 1 aliphatic rings. The Morgan fingerprint density at radius 2 is 2.17 bits per heavy atom. The number of pyridine rings is 1. The van der Waals surface area contributed by atoms with Gasteiger partial charge < -0.3 is 9.30 Å². The van der Waals surface area contributed by atoms with Crippen molar-refractivity contribution in [3.63, 3.8) is 0 Å². The lowest BCUT2D eigenvalue weighted by molar-refractivity contribution is 0.219. The fourth-order valence-corrected chi connectivity index (χ4v) is 3.16. The Morgan fingerprint density at radius 3 is 2.89 bits per heavy atom. The molecule has 0 saturated carbocycles. The van der Waals surface area contributed by atoms with Crippen LogP contribution in [0.4, 0.5) is 0 Å². The second kappa shape index (κ2) is 5.02. The second-order valence-electron chi connectivity index (χ2n) is 4.96. The van der Waals surface area contributed by atoms with Gasteiger partial charge in [-0.1, -0.05) is 22.9 Å². The third kappa shape index (κ3) is 2.19. The third-order valence-electron chi connectivity index (χ3n) is 3.92. The first-order chi connectivity index (χ1) is 8.78. The van der Waals surface area contributed by atoms with Crippen LogP contribution >= 0.6 is 15.9 Å². The van der Waals surface area contributed by atoms with E-state index in [0.717, 1.165) is 4.47 Å². The predicted octanol–water partition coefficient (Wildman–Crippen LogP) is 3.30. The highest BCUT2D eigenvalue weighted by molar-refractivity contribution is 9.10. The average molecular weight is 308 g/mol. The minimum atomic E-state index is 0.608. The number of hydrogen-bond donors (Lipinski definition) is 0. The van der Waals surface area contributed by atoms with Crippen molar-refractivity contribution in [3.05, 3.63) is 34.8 Å². The number of aromatic nitrogens is 2. The Bertz CT molecular complexity index is 541. The van der Waals surface area contributed by atoms with Crippen molar-refractivity contribution in [1.29, 1.82) is 0 Å². The lowest BCUT2D eigenvalue weighted by atomic mass is 9.96. The van der Waals surface area contributed by atoms with E-state index in [9.17, 15) is 0 Å². The van der Waals surface area contributed by atoms with Gasteiger partial charge in [-0.15, -0.1) is 0 Å². The Morgan fingerprint density at radius 1 is 1.39 bits per heavy atom. The van der Waals surface area contributed by atoms with Crippen molar-refractivity contribution in [2.45, 2.75) is 25.7 Å². The Labute approximate surface area is 116 Å². The first kappa shape index (κ1) is 12.2. The van der Waals surface area contributed by atoms with Gasteiger partial charge in [0.05, 0.1) is 11.7 Å². The van der Waals surface area contributed by atoms with E-state index in [1.807, 2.05) is 6.20 Å². The van der Waals surface area contributed by atoms with Crippen LogP contribution in [0.2, 0.25) is 0 Å². The molecule has 0 amide bonds. The van der Waals surface area contributed by atoms with Crippen molar-refractivity contribution in [2.75, 3.05) is 19.6 Å². The number of rotatable bonds is 2. The van der Waals surface area contributed by atoms with E-state index < -0.39 is 0 Å². The van der Waals surface area contributed by atoms with E-state index in [1.165, 1.54) is 43.8 Å². The molecule has 2 aromatic heterocycles. The first-order valence-electron chi connectivity index (χ1n) is 6.63. The van der Waals surface area contributed by atoms with Crippen molar-refractivity contribution >= 4 is 21.4 Å². The Hall–Kier alpha value is -0.870. The second-order valence-corrected chi connectivity index (χ2v) is 5.88. The van der Waals surface area contributed by atoms with Crippen LogP contribution in [-0.4, -0.2) is 33.9 Å². The molecule has 0 unspecified atom stereocenters. The molecule has 4 heteroatoms. The lowest BCUT2D eigenvalue weighted by Gasteiger charge is -2.30. The molecule has 3 rings (SSSR count). The zero-order chi connectivity index (χ0) is 12.5. The normalized spacial score (nSPS) is 18.6. The molecule has 96 valence electrons. The van der Waals surface area contributed by atoms with Crippen LogP contribution < -0.4 is 0 Å². The average Bonchev–Trinajstić information content (AvgIpc) is 2.81. The summed E-state index contributed by atoms with van der Waals surface area (Å²) < 4.78 is 3.35. The SMILES string of the molecule is CCN1CCC(c2ncc3cc(Br)ccn23)CC1. The highest BCUT2D eigenvalue weighted by Crippen LogP contribution is 2.28. The minimum absolute atomic E-state index is 0.608. The highest BCUT2D eigenvalue weighted by atomic mass is 79.9. The molecule has 0 spiro atoms. The number of imidazole rings is 1. The van der Waals surface area contributed by atoms with Gasteiger partial charge in [-0.25, -0.2) is 4.98 Å². The van der Waals surface area contributed by atoms with E-state index in [1.54, 1.807) is 0 Å². The summed E-state index contributed by atoms with van der Waals surface area (Å²) in [7, 11) is 0. The molecule has 0 aliphatic carbocycles.